The van der Waals surface area contributed by atoms with Gasteiger partial charge in [-0.3, -0.25) is 9.59 Å². The first kappa shape index (κ1) is 23.6. The van der Waals surface area contributed by atoms with Crippen LogP contribution in [0.1, 0.15) is 28.4 Å². The van der Waals surface area contributed by atoms with E-state index in [-0.39, 0.29) is 41.5 Å². The first-order chi connectivity index (χ1) is 17.8. The molecule has 1 amide bonds. The van der Waals surface area contributed by atoms with Crippen LogP contribution in [0.4, 0.5) is 5.69 Å². The zero-order chi connectivity index (χ0) is 25.7. The number of aromatic nitrogens is 1. The second-order valence-electron chi connectivity index (χ2n) is 9.40. The molecule has 0 saturated carbocycles. The fourth-order valence-corrected chi connectivity index (χ4v) is 6.96. The molecule has 3 aromatic rings. The van der Waals surface area contributed by atoms with Gasteiger partial charge in [0.05, 0.1) is 17.7 Å². The van der Waals surface area contributed by atoms with Gasteiger partial charge in [-0.2, -0.15) is 4.31 Å². The number of rotatable bonds is 5. The minimum atomic E-state index is -3.75. The topological polar surface area (TPSA) is 116 Å². The lowest BCUT2D eigenvalue weighted by Crippen LogP contribution is -2.49. The van der Waals surface area contributed by atoms with Gasteiger partial charge in [0.1, 0.15) is 5.75 Å². The third-order valence-corrected chi connectivity index (χ3v) is 8.98. The maximum atomic E-state index is 13.5. The quantitative estimate of drug-likeness (QED) is 0.547. The molecule has 1 saturated heterocycles. The van der Waals surface area contributed by atoms with E-state index in [1.165, 1.54) is 29.6 Å². The van der Waals surface area contributed by atoms with Crippen molar-refractivity contribution < 1.29 is 27.4 Å². The van der Waals surface area contributed by atoms with Crippen molar-refractivity contribution in [3.8, 4) is 17.2 Å². The Hall–Kier alpha value is -3.83. The Labute approximate surface area is 213 Å². The highest BCUT2D eigenvalue weighted by atomic mass is 32.2. The van der Waals surface area contributed by atoms with Crippen molar-refractivity contribution in [3.63, 3.8) is 0 Å². The summed E-state index contributed by atoms with van der Waals surface area (Å²) < 4.78 is 45.9. The number of carbonyl (C=O) groups excluding carboxylic acids is 1. The number of hydrogen-bond acceptors (Lipinski definition) is 7. The number of amides is 1. The fraction of sp³-hybridized carbons (Fsp3) is 0.308. The van der Waals surface area contributed by atoms with Crippen LogP contribution >= 0.6 is 0 Å². The Balaban J connectivity index is 1.30. The van der Waals surface area contributed by atoms with E-state index in [2.05, 4.69) is 5.32 Å². The average molecular weight is 524 g/mol. The van der Waals surface area contributed by atoms with Gasteiger partial charge in [-0.1, -0.05) is 0 Å². The molecule has 3 aliphatic heterocycles. The van der Waals surface area contributed by atoms with Gasteiger partial charge in [-0.15, -0.1) is 0 Å². The van der Waals surface area contributed by atoms with E-state index in [4.69, 9.17) is 14.2 Å². The Morgan fingerprint density at radius 3 is 2.57 bits per heavy atom. The molecule has 192 valence electrons. The Kier molecular flexibility index (Phi) is 5.68. The second kappa shape index (κ2) is 8.93. The molecule has 3 aliphatic rings. The van der Waals surface area contributed by atoms with E-state index in [9.17, 15) is 18.0 Å². The molecule has 2 unspecified atom stereocenters. The van der Waals surface area contributed by atoms with Crippen LogP contribution in [0.2, 0.25) is 0 Å². The van der Waals surface area contributed by atoms with Crippen LogP contribution in [0.3, 0.4) is 0 Å². The second-order valence-corrected chi connectivity index (χ2v) is 11.3. The molecule has 0 aliphatic carbocycles. The molecule has 2 bridgehead atoms. The number of methoxy groups -OCH3 is 1. The third-order valence-electron chi connectivity index (χ3n) is 7.14. The van der Waals surface area contributed by atoms with Crippen molar-refractivity contribution in [2.75, 3.05) is 32.3 Å². The Morgan fingerprint density at radius 1 is 1.00 bits per heavy atom. The molecule has 2 aromatic carbocycles. The summed E-state index contributed by atoms with van der Waals surface area (Å²) in [4.78, 5) is 26.1. The molecular weight excluding hydrogens is 498 g/mol. The average Bonchev–Trinajstić information content (AvgIpc) is 3.38. The molecule has 10 nitrogen and oxygen atoms in total. The molecule has 11 heteroatoms. The molecule has 2 atom stereocenters. The van der Waals surface area contributed by atoms with Crippen molar-refractivity contribution in [1.29, 1.82) is 0 Å². The van der Waals surface area contributed by atoms with Gasteiger partial charge in [0.25, 0.3) is 11.5 Å². The maximum Gasteiger partial charge on any atom is 0.255 e. The van der Waals surface area contributed by atoms with E-state index >= 15 is 0 Å². The summed E-state index contributed by atoms with van der Waals surface area (Å²) in [7, 11) is -2.22. The lowest BCUT2D eigenvalue weighted by molar-refractivity contribution is 0.102. The monoisotopic (exact) mass is 523 g/mol. The van der Waals surface area contributed by atoms with Gasteiger partial charge < -0.3 is 24.1 Å². The summed E-state index contributed by atoms with van der Waals surface area (Å²) in [5, 5.41) is 2.93. The van der Waals surface area contributed by atoms with Crippen LogP contribution in [0.5, 0.6) is 17.2 Å². The zero-order valence-electron chi connectivity index (χ0n) is 20.0. The number of fused-ring (bicyclic) bond motifs is 5. The van der Waals surface area contributed by atoms with Gasteiger partial charge in [0, 0.05) is 42.9 Å². The summed E-state index contributed by atoms with van der Waals surface area (Å²) in [6.07, 6.45) is 0.727. The number of carbonyl (C=O) groups is 1. The minimum absolute atomic E-state index is 0.0169. The van der Waals surface area contributed by atoms with E-state index in [0.717, 1.165) is 6.42 Å². The van der Waals surface area contributed by atoms with Crippen molar-refractivity contribution >= 4 is 21.6 Å². The van der Waals surface area contributed by atoms with Crippen LogP contribution in [0.25, 0.3) is 0 Å². The van der Waals surface area contributed by atoms with Gasteiger partial charge in [-0.25, -0.2) is 8.42 Å². The lowest BCUT2D eigenvalue weighted by atomic mass is 9.83. The standard InChI is InChI=1S/C26H25N3O7S/c1-34-19-3-5-20(6-4-19)37(32,33)28-12-16-10-18(14-28)25-21(7-9-24(30)29(25)13-16)27-26(31)17-2-8-22-23(11-17)36-15-35-22/h2-9,11,16,18H,10,12-15H2,1H3,(H,27,31). The van der Waals surface area contributed by atoms with Crippen molar-refractivity contribution in [1.82, 2.24) is 8.87 Å². The number of benzene rings is 2. The molecule has 0 spiro atoms. The van der Waals surface area contributed by atoms with E-state index in [1.54, 1.807) is 41.0 Å². The molecule has 4 heterocycles. The highest BCUT2D eigenvalue weighted by molar-refractivity contribution is 7.89. The van der Waals surface area contributed by atoms with Crippen molar-refractivity contribution in [2.24, 2.45) is 5.92 Å². The van der Waals surface area contributed by atoms with Crippen molar-refractivity contribution in [2.45, 2.75) is 23.8 Å². The van der Waals surface area contributed by atoms with Crippen molar-refractivity contribution in [3.05, 3.63) is 76.2 Å². The number of anilines is 1. The summed E-state index contributed by atoms with van der Waals surface area (Å²) in [6.45, 7) is 1.02. The maximum absolute atomic E-state index is 13.5. The Morgan fingerprint density at radius 2 is 1.78 bits per heavy atom. The molecule has 1 fully saturated rings. The molecular formula is C26H25N3O7S. The number of sulfonamides is 1. The zero-order valence-corrected chi connectivity index (χ0v) is 20.9. The fourth-order valence-electron chi connectivity index (χ4n) is 5.40. The predicted molar refractivity (Wildman–Crippen MR) is 134 cm³/mol. The number of ether oxygens (including phenoxy) is 3. The first-order valence-corrected chi connectivity index (χ1v) is 13.4. The number of nitrogens with zero attached hydrogens (tertiary/aromatic N) is 2. The van der Waals surface area contributed by atoms with Gasteiger partial charge in [0.15, 0.2) is 11.5 Å². The minimum Gasteiger partial charge on any atom is -0.497 e. The molecule has 1 aromatic heterocycles. The smallest absolute Gasteiger partial charge is 0.255 e. The van der Waals surface area contributed by atoms with E-state index in [1.807, 2.05) is 0 Å². The molecule has 1 N–H and O–H groups in total. The lowest BCUT2D eigenvalue weighted by Gasteiger charge is -2.42. The highest BCUT2D eigenvalue weighted by Gasteiger charge is 2.40. The van der Waals surface area contributed by atoms with E-state index in [0.29, 0.717) is 47.3 Å². The first-order valence-electron chi connectivity index (χ1n) is 11.9. The predicted octanol–water partition coefficient (Wildman–Crippen LogP) is 2.65. The van der Waals surface area contributed by atoms with Crippen LogP contribution in [0.15, 0.2) is 64.3 Å². The third kappa shape index (κ3) is 4.13. The number of hydrogen-bond donors (Lipinski definition) is 1. The van der Waals surface area contributed by atoms with E-state index < -0.39 is 10.0 Å². The van der Waals surface area contributed by atoms with Gasteiger partial charge >= 0.3 is 0 Å². The SMILES string of the molecule is COc1ccc(S(=O)(=O)N2CC3CC(C2)c2c(NC(=O)c4ccc5c(c4)OCO5)ccc(=O)n2C3)cc1. The van der Waals surface area contributed by atoms with Gasteiger partial charge in [-0.05, 0) is 60.9 Å². The summed E-state index contributed by atoms with van der Waals surface area (Å²) in [5.41, 5.74) is 1.36. The normalized spacial score (nSPS) is 20.2. The summed E-state index contributed by atoms with van der Waals surface area (Å²) in [5.74, 6) is 1.02. The molecule has 37 heavy (non-hydrogen) atoms. The van der Waals surface area contributed by atoms with Crippen LogP contribution in [-0.4, -0.2) is 50.2 Å². The number of piperidine rings is 1. The number of nitrogens with one attached hydrogen (secondary N) is 1. The van der Waals surface area contributed by atoms with Gasteiger partial charge in [0.2, 0.25) is 16.8 Å². The van der Waals surface area contributed by atoms with Crippen LogP contribution < -0.4 is 25.1 Å². The molecule has 6 rings (SSSR count). The highest BCUT2D eigenvalue weighted by Crippen LogP contribution is 2.40. The Bertz CT molecular complexity index is 1550. The van der Waals surface area contributed by atoms with Crippen LogP contribution in [-0.2, 0) is 16.6 Å². The largest absolute Gasteiger partial charge is 0.497 e. The van der Waals surface area contributed by atoms with Crippen LogP contribution in [0, 0.1) is 5.92 Å². The summed E-state index contributed by atoms with van der Waals surface area (Å²) >= 11 is 0. The molecule has 0 radical (unpaired) electrons. The number of pyridine rings is 1. The summed E-state index contributed by atoms with van der Waals surface area (Å²) in [6, 6.07) is 14.3.